The number of hydrogen-bond donors (Lipinski definition) is 2. The smallest absolute Gasteiger partial charge is 0.300 e. The first-order valence-electron chi connectivity index (χ1n) is 12.2. The van der Waals surface area contributed by atoms with E-state index in [-0.39, 0.29) is 23.2 Å². The van der Waals surface area contributed by atoms with Gasteiger partial charge in [0.15, 0.2) is 0 Å². The van der Waals surface area contributed by atoms with Crippen LogP contribution in [0, 0.1) is 0 Å². The van der Waals surface area contributed by atoms with E-state index in [4.69, 9.17) is 9.47 Å². The number of aliphatic hydroxyl groups excluding tert-OH is 1. The van der Waals surface area contributed by atoms with Gasteiger partial charge in [-0.2, -0.15) is 0 Å². The average molecular weight is 515 g/mol. The lowest BCUT2D eigenvalue weighted by Crippen LogP contribution is -2.29. The van der Waals surface area contributed by atoms with Crippen LogP contribution in [0.1, 0.15) is 49.4 Å². The molecule has 0 aliphatic carbocycles. The molecule has 8 heteroatoms. The molecule has 1 aliphatic heterocycles. The number of aliphatic hydroxyl groups is 1. The second-order valence-corrected chi connectivity index (χ2v) is 9.25. The number of amides is 2. The summed E-state index contributed by atoms with van der Waals surface area (Å²) in [6.07, 6.45) is 0. The van der Waals surface area contributed by atoms with Gasteiger partial charge in [0, 0.05) is 29.4 Å². The molecule has 1 heterocycles. The van der Waals surface area contributed by atoms with Crippen molar-refractivity contribution in [2.75, 3.05) is 24.4 Å². The van der Waals surface area contributed by atoms with Gasteiger partial charge in [0.25, 0.3) is 11.7 Å². The monoisotopic (exact) mass is 514 g/mol. The Morgan fingerprint density at radius 2 is 1.61 bits per heavy atom. The van der Waals surface area contributed by atoms with Gasteiger partial charge in [0.05, 0.1) is 25.8 Å². The number of methoxy groups -OCH3 is 2. The zero-order valence-corrected chi connectivity index (χ0v) is 21.9. The van der Waals surface area contributed by atoms with Gasteiger partial charge >= 0.3 is 0 Å². The van der Waals surface area contributed by atoms with E-state index in [0.29, 0.717) is 34.0 Å². The Hall–Kier alpha value is -4.59. The SMILES string of the molecule is COc1ccc(/C(O)=C2\C(=O)C(=O)N(c3ccc(NC(C)=O)cc3)C2c2ccccc2OC)cc1C(C)C. The van der Waals surface area contributed by atoms with Gasteiger partial charge in [-0.1, -0.05) is 32.0 Å². The van der Waals surface area contributed by atoms with Crippen molar-refractivity contribution in [3.63, 3.8) is 0 Å². The number of anilines is 2. The number of hydrogen-bond acceptors (Lipinski definition) is 6. The van der Waals surface area contributed by atoms with Crippen LogP contribution >= 0.6 is 0 Å². The third-order valence-corrected chi connectivity index (χ3v) is 6.47. The van der Waals surface area contributed by atoms with Crippen LogP contribution in [0.15, 0.2) is 72.3 Å². The Bertz CT molecular complexity index is 1420. The van der Waals surface area contributed by atoms with E-state index in [1.807, 2.05) is 13.8 Å². The molecule has 0 bridgehead atoms. The largest absolute Gasteiger partial charge is 0.507 e. The Labute approximate surface area is 221 Å². The molecule has 1 atom stereocenters. The summed E-state index contributed by atoms with van der Waals surface area (Å²) in [7, 11) is 3.08. The second-order valence-electron chi connectivity index (χ2n) is 9.25. The molecule has 3 aromatic rings. The minimum Gasteiger partial charge on any atom is -0.507 e. The van der Waals surface area contributed by atoms with E-state index < -0.39 is 17.7 Å². The number of nitrogens with one attached hydrogen (secondary N) is 1. The normalized spacial score (nSPS) is 16.6. The lowest BCUT2D eigenvalue weighted by atomic mass is 9.92. The van der Waals surface area contributed by atoms with E-state index in [2.05, 4.69) is 5.32 Å². The zero-order chi connectivity index (χ0) is 27.6. The Morgan fingerprint density at radius 1 is 0.947 bits per heavy atom. The summed E-state index contributed by atoms with van der Waals surface area (Å²) in [4.78, 5) is 39.8. The van der Waals surface area contributed by atoms with Crippen LogP contribution in [0.4, 0.5) is 11.4 Å². The number of Topliss-reactive ketones (excluding diaryl/α,β-unsaturated/α-hetero) is 1. The second kappa shape index (κ2) is 10.8. The third kappa shape index (κ3) is 4.85. The number of benzene rings is 3. The van der Waals surface area contributed by atoms with Gasteiger partial charge in [0.1, 0.15) is 17.3 Å². The molecule has 2 amide bonds. The zero-order valence-electron chi connectivity index (χ0n) is 21.9. The highest BCUT2D eigenvalue weighted by Gasteiger charge is 2.48. The predicted molar refractivity (Wildman–Crippen MR) is 146 cm³/mol. The summed E-state index contributed by atoms with van der Waals surface area (Å²) in [5.74, 6) is -0.903. The molecule has 196 valence electrons. The molecule has 0 radical (unpaired) electrons. The van der Waals surface area contributed by atoms with Gasteiger partial charge in [-0.25, -0.2) is 0 Å². The minimum absolute atomic E-state index is 0.0506. The average Bonchev–Trinajstić information content (AvgIpc) is 3.17. The van der Waals surface area contributed by atoms with Crippen molar-refractivity contribution in [3.8, 4) is 11.5 Å². The van der Waals surface area contributed by atoms with Crippen molar-refractivity contribution in [3.05, 3.63) is 89.0 Å². The summed E-state index contributed by atoms with van der Waals surface area (Å²) in [5.41, 5.74) is 2.71. The maximum Gasteiger partial charge on any atom is 0.300 e. The molecule has 4 rings (SSSR count). The highest BCUT2D eigenvalue weighted by Crippen LogP contribution is 2.45. The topological polar surface area (TPSA) is 105 Å². The number of carbonyl (C=O) groups excluding carboxylic acids is 3. The fourth-order valence-corrected chi connectivity index (χ4v) is 4.68. The molecule has 8 nitrogen and oxygen atoms in total. The minimum atomic E-state index is -0.956. The summed E-state index contributed by atoms with van der Waals surface area (Å²) in [5, 5.41) is 14.2. The third-order valence-electron chi connectivity index (χ3n) is 6.47. The molecule has 0 aromatic heterocycles. The van der Waals surface area contributed by atoms with Crippen molar-refractivity contribution in [1.29, 1.82) is 0 Å². The van der Waals surface area contributed by atoms with E-state index >= 15 is 0 Å². The highest BCUT2D eigenvalue weighted by atomic mass is 16.5. The van der Waals surface area contributed by atoms with Crippen molar-refractivity contribution in [2.45, 2.75) is 32.7 Å². The molecule has 0 saturated carbocycles. The van der Waals surface area contributed by atoms with Gasteiger partial charge in [-0.05, 0) is 60.0 Å². The summed E-state index contributed by atoms with van der Waals surface area (Å²) >= 11 is 0. The number of carbonyl (C=O) groups is 3. The van der Waals surface area contributed by atoms with Crippen molar-refractivity contribution < 1.29 is 29.0 Å². The molecule has 1 saturated heterocycles. The Kier molecular flexibility index (Phi) is 7.52. The standard InChI is InChI=1S/C30H30N2O6/c1-17(2)23-16-19(10-15-25(23)38-5)28(34)26-27(22-8-6-7-9-24(22)37-4)32(30(36)29(26)35)21-13-11-20(12-14-21)31-18(3)33/h6-17,27,34H,1-5H3,(H,31,33)/b28-26+. The molecule has 1 aliphatic rings. The van der Waals surface area contributed by atoms with E-state index in [1.165, 1.54) is 18.9 Å². The highest BCUT2D eigenvalue weighted by molar-refractivity contribution is 6.51. The van der Waals surface area contributed by atoms with Crippen LogP contribution in [-0.2, 0) is 14.4 Å². The Balaban J connectivity index is 1.93. The Morgan fingerprint density at radius 3 is 2.21 bits per heavy atom. The molecule has 2 N–H and O–H groups in total. The molecule has 0 spiro atoms. The van der Waals surface area contributed by atoms with Crippen LogP contribution in [-0.4, -0.2) is 36.9 Å². The molecule has 1 fully saturated rings. The molecule has 3 aromatic carbocycles. The maximum atomic E-state index is 13.5. The number of ether oxygens (including phenoxy) is 2. The lowest BCUT2D eigenvalue weighted by Gasteiger charge is -2.27. The summed E-state index contributed by atoms with van der Waals surface area (Å²) in [6.45, 7) is 5.40. The van der Waals surface area contributed by atoms with E-state index in [1.54, 1.807) is 73.8 Å². The molecule has 1 unspecified atom stereocenters. The van der Waals surface area contributed by atoms with Crippen LogP contribution in [0.3, 0.4) is 0 Å². The summed E-state index contributed by atoms with van der Waals surface area (Å²) < 4.78 is 11.0. The van der Waals surface area contributed by atoms with Crippen LogP contribution in [0.5, 0.6) is 11.5 Å². The van der Waals surface area contributed by atoms with Crippen LogP contribution < -0.4 is 19.7 Å². The fourth-order valence-electron chi connectivity index (χ4n) is 4.68. The molecular weight excluding hydrogens is 484 g/mol. The predicted octanol–water partition coefficient (Wildman–Crippen LogP) is 5.41. The molecule has 38 heavy (non-hydrogen) atoms. The van der Waals surface area contributed by atoms with Crippen molar-refractivity contribution in [1.82, 2.24) is 0 Å². The quantitative estimate of drug-likeness (QED) is 0.248. The van der Waals surface area contributed by atoms with Gasteiger partial charge in [-0.15, -0.1) is 0 Å². The van der Waals surface area contributed by atoms with Gasteiger partial charge in [-0.3, -0.25) is 19.3 Å². The first-order valence-corrected chi connectivity index (χ1v) is 12.2. The first-order chi connectivity index (χ1) is 18.2. The summed E-state index contributed by atoms with van der Waals surface area (Å²) in [6, 6.07) is 17.9. The number of ketones is 1. The van der Waals surface area contributed by atoms with Crippen LogP contribution in [0.2, 0.25) is 0 Å². The van der Waals surface area contributed by atoms with E-state index in [0.717, 1.165) is 5.56 Å². The van der Waals surface area contributed by atoms with E-state index in [9.17, 15) is 19.5 Å². The van der Waals surface area contributed by atoms with Crippen molar-refractivity contribution in [2.24, 2.45) is 0 Å². The maximum absolute atomic E-state index is 13.5. The first kappa shape index (κ1) is 26.5. The molecular formula is C30H30N2O6. The number of nitrogens with zero attached hydrogens (tertiary/aromatic N) is 1. The van der Waals surface area contributed by atoms with Crippen LogP contribution in [0.25, 0.3) is 5.76 Å². The fraction of sp³-hybridized carbons (Fsp3) is 0.233. The lowest BCUT2D eigenvalue weighted by molar-refractivity contribution is -0.132. The van der Waals surface area contributed by atoms with Crippen molar-refractivity contribution >= 4 is 34.7 Å². The number of para-hydroxylation sites is 1. The number of rotatable bonds is 7. The van der Waals surface area contributed by atoms with Gasteiger partial charge < -0.3 is 19.9 Å². The van der Waals surface area contributed by atoms with Gasteiger partial charge in [0.2, 0.25) is 5.91 Å².